The van der Waals surface area contributed by atoms with Crippen molar-refractivity contribution in [2.24, 2.45) is 0 Å². The van der Waals surface area contributed by atoms with Crippen molar-refractivity contribution in [3.05, 3.63) is 153 Å². The first-order valence-electron chi connectivity index (χ1n) is 19.8. The van der Waals surface area contributed by atoms with Crippen LogP contribution in [-0.2, 0) is 119 Å². The number of hydrogen-bond donors (Lipinski definition) is 0. The molecule has 0 amide bonds. The first-order chi connectivity index (χ1) is 27.3. The summed E-state index contributed by atoms with van der Waals surface area (Å²) >= 11 is 33.6. The van der Waals surface area contributed by atoms with E-state index in [4.69, 9.17) is 75.0 Å². The van der Waals surface area contributed by atoms with Crippen molar-refractivity contribution in [2.75, 3.05) is 0 Å². The summed E-state index contributed by atoms with van der Waals surface area (Å²) in [6, 6.07) is 42.4. The third-order valence-electron chi connectivity index (χ3n) is 10.0. The second kappa shape index (κ2) is 25.6. The SMILES string of the molecule is S=c1n(CCCCc2ccccc2)c([S-])c([S-])n1CCCCc1ccccc1.S=c1n(CCCCc2ccccc2)c([S-])c([S-])n1CCCCc1ccccc1.[Ni]. The predicted molar refractivity (Wildman–Crippen MR) is 247 cm³/mol. The number of imidazole rings is 2. The number of aryl methyl sites for hydroxylation is 4. The summed E-state index contributed by atoms with van der Waals surface area (Å²) in [6.07, 6.45) is 13.0. The van der Waals surface area contributed by atoms with Gasteiger partial charge in [0, 0.05) is 42.7 Å². The van der Waals surface area contributed by atoms with Gasteiger partial charge in [-0.05, 0) is 124 Å². The fraction of sp³-hybridized carbons (Fsp3) is 0.348. The Morgan fingerprint density at radius 3 is 0.702 bits per heavy atom. The van der Waals surface area contributed by atoms with Gasteiger partial charge in [0.15, 0.2) is 9.54 Å². The van der Waals surface area contributed by atoms with Crippen LogP contribution in [-0.4, -0.2) is 18.3 Å². The molecule has 57 heavy (non-hydrogen) atoms. The van der Waals surface area contributed by atoms with Crippen LogP contribution in [0.1, 0.15) is 73.6 Å². The largest absolute Gasteiger partial charge is 0.762 e. The Morgan fingerprint density at radius 2 is 0.509 bits per heavy atom. The van der Waals surface area contributed by atoms with Crippen molar-refractivity contribution >= 4 is 75.0 Å². The molecule has 11 heteroatoms. The molecule has 0 spiro atoms. The van der Waals surface area contributed by atoms with Crippen molar-refractivity contribution in [1.82, 2.24) is 18.3 Å². The minimum Gasteiger partial charge on any atom is -0.762 e. The molecule has 6 aromatic rings. The minimum atomic E-state index is 0. The average Bonchev–Trinajstić information content (AvgIpc) is 3.56. The van der Waals surface area contributed by atoms with Gasteiger partial charge in [0.25, 0.3) is 0 Å². The van der Waals surface area contributed by atoms with E-state index in [0.717, 1.165) is 133 Å². The average molecular weight is 912 g/mol. The van der Waals surface area contributed by atoms with Crippen LogP contribution in [0, 0.1) is 9.54 Å². The van der Waals surface area contributed by atoms with E-state index in [1.54, 1.807) is 0 Å². The van der Waals surface area contributed by atoms with Gasteiger partial charge in [0.05, 0.1) is 0 Å². The third kappa shape index (κ3) is 14.7. The summed E-state index contributed by atoms with van der Waals surface area (Å²) in [7, 11) is 0. The van der Waals surface area contributed by atoms with Gasteiger partial charge in [0.1, 0.15) is 0 Å². The normalized spacial score (nSPS) is 10.8. The maximum atomic E-state index is 5.68. The quantitative estimate of drug-likeness (QED) is 0.0327. The molecule has 0 saturated carbocycles. The zero-order valence-electron chi connectivity index (χ0n) is 32.4. The Labute approximate surface area is 383 Å². The summed E-state index contributed by atoms with van der Waals surface area (Å²) < 4.78 is 9.78. The summed E-state index contributed by atoms with van der Waals surface area (Å²) in [5.41, 5.74) is 5.52. The van der Waals surface area contributed by atoms with Crippen molar-refractivity contribution in [3.63, 3.8) is 0 Å². The van der Waals surface area contributed by atoms with E-state index in [0.29, 0.717) is 0 Å². The molecular formula is C46H52N4NiS6-4. The van der Waals surface area contributed by atoms with Crippen molar-refractivity contribution < 1.29 is 16.5 Å². The molecule has 0 N–H and O–H groups in total. The summed E-state index contributed by atoms with van der Waals surface area (Å²) in [6.45, 7) is 3.41. The van der Waals surface area contributed by atoms with E-state index in [9.17, 15) is 0 Å². The smallest absolute Gasteiger partial charge is 0.176 e. The molecule has 4 nitrogen and oxygen atoms in total. The molecule has 2 heterocycles. The van der Waals surface area contributed by atoms with Crippen LogP contribution in [0.5, 0.6) is 0 Å². The van der Waals surface area contributed by atoms with Gasteiger partial charge in [-0.25, -0.2) is 0 Å². The summed E-state index contributed by atoms with van der Waals surface area (Å²) in [4.78, 5) is 0. The maximum absolute atomic E-state index is 5.68. The molecule has 0 bridgehead atoms. The second-order valence-electron chi connectivity index (χ2n) is 14.2. The van der Waals surface area contributed by atoms with E-state index in [1.807, 2.05) is 0 Å². The number of rotatable bonds is 20. The fourth-order valence-electron chi connectivity index (χ4n) is 6.86. The molecule has 4 aromatic carbocycles. The van der Waals surface area contributed by atoms with Crippen LogP contribution in [0.15, 0.2) is 141 Å². The van der Waals surface area contributed by atoms with E-state index < -0.39 is 0 Å². The van der Waals surface area contributed by atoms with Crippen LogP contribution < -0.4 is 0 Å². The monoisotopic (exact) mass is 910 g/mol. The first-order valence-corrected chi connectivity index (χ1v) is 22.3. The minimum absolute atomic E-state index is 0. The zero-order chi connectivity index (χ0) is 39.5. The predicted octanol–water partition coefficient (Wildman–Crippen LogP) is 11.8. The number of nitrogens with zero attached hydrogens (tertiary/aromatic N) is 4. The van der Waals surface area contributed by atoms with Gasteiger partial charge >= 0.3 is 0 Å². The maximum Gasteiger partial charge on any atom is 0.176 e. The van der Waals surface area contributed by atoms with Crippen LogP contribution in [0.3, 0.4) is 0 Å². The standard InChI is InChI=1S/2C23H28N2S3.Ni/c2*26-21-22(27)25(18-10-8-16-20-13-5-2-6-14-20)23(28)24(21)17-9-7-15-19-11-3-1-4-12-19;/h2*1-6,11-14,26-27H,7-10,15-18H2;/p-4. The Kier molecular flexibility index (Phi) is 21.0. The van der Waals surface area contributed by atoms with Crippen molar-refractivity contribution in [3.8, 4) is 0 Å². The Balaban J connectivity index is 0.000000248. The van der Waals surface area contributed by atoms with Crippen molar-refractivity contribution in [1.29, 1.82) is 0 Å². The Bertz CT molecular complexity index is 1840. The van der Waals surface area contributed by atoms with Crippen LogP contribution in [0.4, 0.5) is 0 Å². The number of unbranched alkanes of at least 4 members (excludes halogenated alkanes) is 4. The number of benzene rings is 4. The molecule has 306 valence electrons. The number of aromatic nitrogens is 4. The second-order valence-corrected chi connectivity index (χ2v) is 16.4. The molecule has 0 saturated heterocycles. The van der Waals surface area contributed by atoms with Gasteiger partial charge in [0.2, 0.25) is 0 Å². The molecule has 0 unspecified atom stereocenters. The van der Waals surface area contributed by atoms with E-state index >= 15 is 0 Å². The van der Waals surface area contributed by atoms with Gasteiger partial charge < -0.3 is 68.8 Å². The van der Waals surface area contributed by atoms with Gasteiger partial charge in [-0.15, -0.1) is 20.1 Å². The Hall–Kier alpha value is -2.89. The molecule has 0 aliphatic heterocycles. The first kappa shape index (κ1) is 46.8. The molecule has 6 rings (SSSR count). The molecule has 0 aliphatic carbocycles. The molecule has 0 fully saturated rings. The summed E-state index contributed by atoms with van der Waals surface area (Å²) in [5.74, 6) is 0. The van der Waals surface area contributed by atoms with Gasteiger partial charge in [-0.2, -0.15) is 0 Å². The van der Waals surface area contributed by atoms with Crippen LogP contribution in [0.2, 0.25) is 0 Å². The van der Waals surface area contributed by atoms with E-state index in [2.05, 4.69) is 140 Å². The molecular weight excluding hydrogens is 860 g/mol. The van der Waals surface area contributed by atoms with E-state index in [1.165, 1.54) is 22.3 Å². The Morgan fingerprint density at radius 1 is 0.316 bits per heavy atom. The van der Waals surface area contributed by atoms with Crippen LogP contribution in [0.25, 0.3) is 0 Å². The van der Waals surface area contributed by atoms with Gasteiger partial charge in [-0.3, -0.25) is 0 Å². The van der Waals surface area contributed by atoms with E-state index in [-0.39, 0.29) is 16.5 Å². The van der Waals surface area contributed by atoms with Crippen LogP contribution >= 0.6 is 24.4 Å². The molecule has 0 aliphatic rings. The molecule has 2 aromatic heterocycles. The zero-order valence-corrected chi connectivity index (χ0v) is 38.3. The summed E-state index contributed by atoms with van der Waals surface area (Å²) in [5, 5.41) is 2.90. The molecule has 0 radical (unpaired) electrons. The number of hydrogen-bond acceptors (Lipinski definition) is 6. The third-order valence-corrected chi connectivity index (χ3v) is 12.8. The van der Waals surface area contributed by atoms with Crippen molar-refractivity contribution in [2.45, 2.75) is 123 Å². The molecule has 0 atom stereocenters. The topological polar surface area (TPSA) is 19.7 Å². The van der Waals surface area contributed by atoms with Gasteiger partial charge in [-0.1, -0.05) is 121 Å². The fourth-order valence-corrected chi connectivity index (χ4v) is 8.98.